The van der Waals surface area contributed by atoms with E-state index in [0.717, 1.165) is 6.42 Å². The molecule has 0 radical (unpaired) electrons. The molecule has 1 aromatic heterocycles. The van der Waals surface area contributed by atoms with Crippen molar-refractivity contribution in [3.05, 3.63) is 24.0 Å². The lowest BCUT2D eigenvalue weighted by molar-refractivity contribution is -0.120. The van der Waals surface area contributed by atoms with Gasteiger partial charge in [-0.15, -0.1) is 0 Å². The van der Waals surface area contributed by atoms with Crippen molar-refractivity contribution in [3.63, 3.8) is 0 Å². The fourth-order valence-corrected chi connectivity index (χ4v) is 1.25. The van der Waals surface area contributed by atoms with Crippen LogP contribution in [0.3, 0.4) is 0 Å². The summed E-state index contributed by atoms with van der Waals surface area (Å²) in [6.45, 7) is 0.699. The van der Waals surface area contributed by atoms with E-state index in [2.05, 4.69) is 22.9 Å². The Balaban J connectivity index is 2.11. The SMILES string of the molecule is O=C(CCS)NCCc1cc[nH]c1. The van der Waals surface area contributed by atoms with Crippen molar-refractivity contribution >= 4 is 18.5 Å². The monoisotopic (exact) mass is 198 g/mol. The van der Waals surface area contributed by atoms with Crippen molar-refractivity contribution in [2.75, 3.05) is 12.3 Å². The van der Waals surface area contributed by atoms with Crippen LogP contribution in [0.5, 0.6) is 0 Å². The highest BCUT2D eigenvalue weighted by molar-refractivity contribution is 7.80. The van der Waals surface area contributed by atoms with Gasteiger partial charge in [0, 0.05) is 25.4 Å². The Morgan fingerprint density at radius 3 is 3.08 bits per heavy atom. The molecule has 0 saturated carbocycles. The maximum atomic E-state index is 11.0. The summed E-state index contributed by atoms with van der Waals surface area (Å²) in [5.74, 6) is 0.682. The van der Waals surface area contributed by atoms with Crippen LogP contribution in [0.1, 0.15) is 12.0 Å². The first-order valence-corrected chi connectivity index (χ1v) is 4.95. The molecule has 0 aliphatic heterocycles. The molecule has 0 saturated heterocycles. The van der Waals surface area contributed by atoms with Gasteiger partial charge in [0.2, 0.25) is 5.91 Å². The van der Waals surface area contributed by atoms with Crippen molar-refractivity contribution in [2.24, 2.45) is 0 Å². The molecule has 0 aromatic carbocycles. The van der Waals surface area contributed by atoms with E-state index in [1.165, 1.54) is 5.56 Å². The topological polar surface area (TPSA) is 44.9 Å². The van der Waals surface area contributed by atoms with Crippen LogP contribution in [0.25, 0.3) is 0 Å². The summed E-state index contributed by atoms with van der Waals surface area (Å²) in [6, 6.07) is 2.00. The Morgan fingerprint density at radius 2 is 2.46 bits per heavy atom. The molecule has 4 heteroatoms. The minimum Gasteiger partial charge on any atom is -0.367 e. The van der Waals surface area contributed by atoms with Gasteiger partial charge in [-0.1, -0.05) is 0 Å². The minimum atomic E-state index is 0.0746. The maximum absolute atomic E-state index is 11.0. The standard InChI is InChI=1S/C9H14N2OS/c12-9(3-6-13)11-5-2-8-1-4-10-7-8/h1,4,7,10,13H,2-3,5-6H2,(H,11,12). The highest BCUT2D eigenvalue weighted by Crippen LogP contribution is 1.96. The number of rotatable bonds is 5. The second-order valence-corrected chi connectivity index (χ2v) is 3.24. The van der Waals surface area contributed by atoms with E-state index in [1.54, 1.807) is 0 Å². The van der Waals surface area contributed by atoms with Crippen LogP contribution >= 0.6 is 12.6 Å². The molecule has 72 valence electrons. The first-order chi connectivity index (χ1) is 6.33. The van der Waals surface area contributed by atoms with Crippen molar-refractivity contribution in [3.8, 4) is 0 Å². The number of thiol groups is 1. The fourth-order valence-electron chi connectivity index (χ4n) is 1.05. The van der Waals surface area contributed by atoms with Gasteiger partial charge >= 0.3 is 0 Å². The van der Waals surface area contributed by atoms with E-state index >= 15 is 0 Å². The zero-order valence-corrected chi connectivity index (χ0v) is 8.31. The molecule has 0 atom stereocenters. The fraction of sp³-hybridized carbons (Fsp3) is 0.444. The minimum absolute atomic E-state index is 0.0746. The summed E-state index contributed by atoms with van der Waals surface area (Å²) in [5, 5.41) is 2.82. The summed E-state index contributed by atoms with van der Waals surface area (Å²) in [6.07, 6.45) is 5.19. The summed E-state index contributed by atoms with van der Waals surface area (Å²) in [4.78, 5) is 14.0. The highest BCUT2D eigenvalue weighted by Gasteiger charge is 1.98. The molecule has 0 bridgehead atoms. The normalized spacial score (nSPS) is 9.92. The van der Waals surface area contributed by atoms with E-state index in [0.29, 0.717) is 18.7 Å². The summed E-state index contributed by atoms with van der Waals surface area (Å²) >= 11 is 3.98. The third-order valence-corrected chi connectivity index (χ3v) is 1.96. The lowest BCUT2D eigenvalue weighted by Crippen LogP contribution is -2.25. The summed E-state index contributed by atoms with van der Waals surface area (Å²) in [5.41, 5.74) is 1.21. The number of carbonyl (C=O) groups excluding carboxylic acids is 1. The third kappa shape index (κ3) is 4.03. The quantitative estimate of drug-likeness (QED) is 0.607. The number of H-pyrrole nitrogens is 1. The van der Waals surface area contributed by atoms with E-state index in [4.69, 9.17) is 0 Å². The van der Waals surface area contributed by atoms with Gasteiger partial charge in [0.15, 0.2) is 0 Å². The molecular formula is C9H14N2OS. The molecular weight excluding hydrogens is 184 g/mol. The lowest BCUT2D eigenvalue weighted by atomic mass is 10.2. The first kappa shape index (κ1) is 10.2. The van der Waals surface area contributed by atoms with Crippen LogP contribution in [-0.4, -0.2) is 23.2 Å². The van der Waals surface area contributed by atoms with Crippen LogP contribution in [0.2, 0.25) is 0 Å². The van der Waals surface area contributed by atoms with Gasteiger partial charge in [-0.05, 0) is 23.8 Å². The molecule has 13 heavy (non-hydrogen) atoms. The van der Waals surface area contributed by atoms with Crippen molar-refractivity contribution in [1.82, 2.24) is 10.3 Å². The van der Waals surface area contributed by atoms with Gasteiger partial charge < -0.3 is 10.3 Å². The second kappa shape index (κ2) is 5.70. The molecule has 1 aromatic rings. The number of hydrogen-bond acceptors (Lipinski definition) is 2. The second-order valence-electron chi connectivity index (χ2n) is 2.79. The van der Waals surface area contributed by atoms with Gasteiger partial charge in [0.25, 0.3) is 0 Å². The van der Waals surface area contributed by atoms with Gasteiger partial charge in [0.05, 0.1) is 0 Å². The van der Waals surface area contributed by atoms with E-state index in [1.807, 2.05) is 18.5 Å². The zero-order valence-electron chi connectivity index (χ0n) is 7.42. The number of carbonyl (C=O) groups is 1. The molecule has 0 aliphatic rings. The Morgan fingerprint density at radius 1 is 1.62 bits per heavy atom. The Hall–Kier alpha value is -0.900. The highest BCUT2D eigenvalue weighted by atomic mass is 32.1. The van der Waals surface area contributed by atoms with Gasteiger partial charge in [-0.3, -0.25) is 4.79 Å². The van der Waals surface area contributed by atoms with Gasteiger partial charge in [-0.2, -0.15) is 12.6 Å². The summed E-state index contributed by atoms with van der Waals surface area (Å²) in [7, 11) is 0. The van der Waals surface area contributed by atoms with Crippen molar-refractivity contribution in [1.29, 1.82) is 0 Å². The Labute approximate surface area is 83.3 Å². The number of nitrogens with one attached hydrogen (secondary N) is 2. The van der Waals surface area contributed by atoms with Gasteiger partial charge in [-0.25, -0.2) is 0 Å². The number of aromatic amines is 1. The predicted molar refractivity (Wildman–Crippen MR) is 56.0 cm³/mol. The molecule has 1 heterocycles. The molecule has 2 N–H and O–H groups in total. The van der Waals surface area contributed by atoms with E-state index < -0.39 is 0 Å². The smallest absolute Gasteiger partial charge is 0.220 e. The molecule has 0 spiro atoms. The zero-order chi connectivity index (χ0) is 9.52. The number of amides is 1. The molecule has 0 unspecified atom stereocenters. The average Bonchev–Trinajstić information content (AvgIpc) is 2.57. The Bertz CT molecular complexity index is 246. The number of hydrogen-bond donors (Lipinski definition) is 3. The lowest BCUT2D eigenvalue weighted by Gasteiger charge is -2.01. The maximum Gasteiger partial charge on any atom is 0.220 e. The molecule has 1 rings (SSSR count). The third-order valence-electron chi connectivity index (χ3n) is 1.74. The van der Waals surface area contributed by atoms with Crippen LogP contribution < -0.4 is 5.32 Å². The van der Waals surface area contributed by atoms with Gasteiger partial charge in [0.1, 0.15) is 0 Å². The van der Waals surface area contributed by atoms with Crippen molar-refractivity contribution in [2.45, 2.75) is 12.8 Å². The molecule has 0 fully saturated rings. The predicted octanol–water partition coefficient (Wildman–Crippen LogP) is 0.993. The average molecular weight is 198 g/mol. The first-order valence-electron chi connectivity index (χ1n) is 4.32. The van der Waals surface area contributed by atoms with E-state index in [9.17, 15) is 4.79 Å². The molecule has 1 amide bonds. The largest absolute Gasteiger partial charge is 0.367 e. The number of aromatic nitrogens is 1. The van der Waals surface area contributed by atoms with Crippen LogP contribution in [-0.2, 0) is 11.2 Å². The van der Waals surface area contributed by atoms with Crippen LogP contribution in [0.4, 0.5) is 0 Å². The molecule has 0 aliphatic carbocycles. The van der Waals surface area contributed by atoms with Crippen LogP contribution in [0, 0.1) is 0 Å². The van der Waals surface area contributed by atoms with E-state index in [-0.39, 0.29) is 5.91 Å². The summed E-state index contributed by atoms with van der Waals surface area (Å²) < 4.78 is 0. The van der Waals surface area contributed by atoms with Crippen LogP contribution in [0.15, 0.2) is 18.5 Å². The Kier molecular flexibility index (Phi) is 4.46. The molecule has 3 nitrogen and oxygen atoms in total. The van der Waals surface area contributed by atoms with Crippen molar-refractivity contribution < 1.29 is 4.79 Å².